The van der Waals surface area contributed by atoms with E-state index in [1.54, 1.807) is 0 Å². The average Bonchev–Trinajstić information content (AvgIpc) is 3.03. The standard InChI is InChI=1S/C23H29ClN4/c1-15-10-16(2)14-27(13-15)21-11-20(23(3,4)5)26-22-18(12-25-28(21)22)17-8-6-7-9-19(17)24/h6-9,11-12,15-16H,10,13-14H2,1-5H3. The van der Waals surface area contributed by atoms with E-state index in [9.17, 15) is 0 Å². The van der Waals surface area contributed by atoms with Crippen LogP contribution >= 0.6 is 11.6 Å². The molecule has 1 saturated heterocycles. The number of rotatable bonds is 2. The lowest BCUT2D eigenvalue weighted by Gasteiger charge is -2.37. The Kier molecular flexibility index (Phi) is 4.86. The molecule has 0 radical (unpaired) electrons. The molecule has 3 aromatic rings. The summed E-state index contributed by atoms with van der Waals surface area (Å²) in [5.74, 6) is 2.47. The van der Waals surface area contributed by atoms with Crippen molar-refractivity contribution in [3.63, 3.8) is 0 Å². The number of aromatic nitrogens is 3. The fourth-order valence-electron chi connectivity index (χ4n) is 4.28. The highest BCUT2D eigenvalue weighted by atomic mass is 35.5. The number of hydrogen-bond donors (Lipinski definition) is 0. The van der Waals surface area contributed by atoms with Gasteiger partial charge in [-0.2, -0.15) is 9.61 Å². The molecular weight excluding hydrogens is 368 g/mol. The number of piperidine rings is 1. The highest BCUT2D eigenvalue weighted by molar-refractivity contribution is 6.33. The molecular formula is C23H29ClN4. The zero-order valence-corrected chi connectivity index (χ0v) is 18.2. The van der Waals surface area contributed by atoms with Gasteiger partial charge < -0.3 is 4.90 Å². The first kappa shape index (κ1) is 19.3. The SMILES string of the molecule is CC1CC(C)CN(c2cc(C(C)(C)C)nc3c(-c4ccccc4Cl)cnn23)C1. The molecule has 0 spiro atoms. The molecule has 4 rings (SSSR count). The molecule has 0 amide bonds. The minimum atomic E-state index is -0.0501. The van der Waals surface area contributed by atoms with Gasteiger partial charge >= 0.3 is 0 Å². The molecule has 5 heteroatoms. The topological polar surface area (TPSA) is 33.4 Å². The van der Waals surface area contributed by atoms with E-state index in [0.29, 0.717) is 11.8 Å². The van der Waals surface area contributed by atoms with Gasteiger partial charge in [-0.05, 0) is 24.3 Å². The van der Waals surface area contributed by atoms with E-state index in [1.807, 2.05) is 35.0 Å². The second-order valence-corrected chi connectivity index (χ2v) is 9.78. The van der Waals surface area contributed by atoms with Crippen LogP contribution in [0.3, 0.4) is 0 Å². The first-order valence-electron chi connectivity index (χ1n) is 10.1. The molecule has 0 aliphatic carbocycles. The summed E-state index contributed by atoms with van der Waals surface area (Å²) in [6, 6.07) is 10.1. The molecule has 1 aromatic carbocycles. The van der Waals surface area contributed by atoms with Crippen molar-refractivity contribution in [1.29, 1.82) is 0 Å². The third-order valence-electron chi connectivity index (χ3n) is 5.58. The Morgan fingerprint density at radius 1 is 1.04 bits per heavy atom. The van der Waals surface area contributed by atoms with Gasteiger partial charge in [0, 0.05) is 40.7 Å². The van der Waals surface area contributed by atoms with Crippen LogP contribution in [0, 0.1) is 11.8 Å². The summed E-state index contributed by atoms with van der Waals surface area (Å²) >= 11 is 6.50. The Hall–Kier alpha value is -2.07. The van der Waals surface area contributed by atoms with E-state index in [2.05, 4.69) is 45.6 Å². The number of hydrogen-bond acceptors (Lipinski definition) is 3. The summed E-state index contributed by atoms with van der Waals surface area (Å²) in [4.78, 5) is 7.51. The van der Waals surface area contributed by atoms with Crippen LogP contribution in [0.4, 0.5) is 5.82 Å². The molecule has 0 saturated carbocycles. The van der Waals surface area contributed by atoms with Crippen LogP contribution in [0.15, 0.2) is 36.5 Å². The van der Waals surface area contributed by atoms with Gasteiger partial charge in [-0.15, -0.1) is 0 Å². The van der Waals surface area contributed by atoms with Crippen molar-refractivity contribution < 1.29 is 0 Å². The molecule has 2 unspecified atom stereocenters. The maximum atomic E-state index is 6.50. The van der Waals surface area contributed by atoms with Gasteiger partial charge in [-0.1, -0.05) is 64.4 Å². The third kappa shape index (κ3) is 3.50. The molecule has 28 heavy (non-hydrogen) atoms. The first-order chi connectivity index (χ1) is 13.2. The monoisotopic (exact) mass is 396 g/mol. The summed E-state index contributed by atoms with van der Waals surface area (Å²) < 4.78 is 2.00. The molecule has 2 aromatic heterocycles. The summed E-state index contributed by atoms with van der Waals surface area (Å²) in [7, 11) is 0. The van der Waals surface area contributed by atoms with Crippen molar-refractivity contribution in [2.45, 2.75) is 46.5 Å². The largest absolute Gasteiger partial charge is 0.356 e. The highest BCUT2D eigenvalue weighted by Gasteiger charge is 2.27. The normalized spacial score (nSPS) is 20.7. The van der Waals surface area contributed by atoms with Crippen LogP contribution in [-0.4, -0.2) is 27.7 Å². The van der Waals surface area contributed by atoms with Crippen LogP contribution in [0.5, 0.6) is 0 Å². The van der Waals surface area contributed by atoms with Gasteiger partial charge in [0.25, 0.3) is 0 Å². The van der Waals surface area contributed by atoms with Crippen molar-refractivity contribution in [1.82, 2.24) is 14.6 Å². The number of nitrogens with zero attached hydrogens (tertiary/aromatic N) is 4. The minimum Gasteiger partial charge on any atom is -0.356 e. The van der Waals surface area contributed by atoms with Gasteiger partial charge in [-0.3, -0.25) is 0 Å². The lowest BCUT2D eigenvalue weighted by Crippen LogP contribution is -2.40. The Bertz CT molecular complexity index is 991. The minimum absolute atomic E-state index is 0.0501. The lowest BCUT2D eigenvalue weighted by molar-refractivity contribution is 0.354. The molecule has 2 atom stereocenters. The fraction of sp³-hybridized carbons (Fsp3) is 0.478. The van der Waals surface area contributed by atoms with Crippen LogP contribution < -0.4 is 4.90 Å². The zero-order valence-electron chi connectivity index (χ0n) is 17.4. The molecule has 0 bridgehead atoms. The van der Waals surface area contributed by atoms with Crippen molar-refractivity contribution in [3.05, 3.63) is 47.2 Å². The van der Waals surface area contributed by atoms with E-state index >= 15 is 0 Å². The fourth-order valence-corrected chi connectivity index (χ4v) is 4.51. The van der Waals surface area contributed by atoms with Gasteiger partial charge in [0.1, 0.15) is 5.82 Å². The van der Waals surface area contributed by atoms with E-state index in [0.717, 1.165) is 46.4 Å². The van der Waals surface area contributed by atoms with Crippen molar-refractivity contribution in [2.75, 3.05) is 18.0 Å². The zero-order chi connectivity index (χ0) is 20.1. The number of halogens is 1. The Morgan fingerprint density at radius 2 is 1.71 bits per heavy atom. The van der Waals surface area contributed by atoms with Crippen molar-refractivity contribution in [2.24, 2.45) is 11.8 Å². The molecule has 1 aliphatic heterocycles. The van der Waals surface area contributed by atoms with Crippen LogP contribution in [0.2, 0.25) is 5.02 Å². The van der Waals surface area contributed by atoms with E-state index < -0.39 is 0 Å². The van der Waals surface area contributed by atoms with Crippen molar-refractivity contribution in [3.8, 4) is 11.1 Å². The maximum Gasteiger partial charge on any atom is 0.165 e. The summed E-state index contributed by atoms with van der Waals surface area (Å²) in [5.41, 5.74) is 3.86. The summed E-state index contributed by atoms with van der Waals surface area (Å²) in [6.45, 7) is 13.4. The van der Waals surface area contributed by atoms with E-state index in [1.165, 1.54) is 6.42 Å². The van der Waals surface area contributed by atoms with Gasteiger partial charge in [0.2, 0.25) is 0 Å². The predicted octanol–water partition coefficient (Wildman–Crippen LogP) is 5.83. The Morgan fingerprint density at radius 3 is 2.36 bits per heavy atom. The molecule has 1 aliphatic rings. The number of benzene rings is 1. The van der Waals surface area contributed by atoms with Crippen molar-refractivity contribution >= 4 is 23.1 Å². The quantitative estimate of drug-likeness (QED) is 0.546. The number of fused-ring (bicyclic) bond motifs is 1. The van der Waals surface area contributed by atoms with Gasteiger partial charge in [0.15, 0.2) is 5.65 Å². The van der Waals surface area contributed by atoms with Gasteiger partial charge in [0.05, 0.1) is 11.9 Å². The highest BCUT2D eigenvalue weighted by Crippen LogP contribution is 2.35. The summed E-state index contributed by atoms with van der Waals surface area (Å²) in [6.07, 6.45) is 3.18. The molecule has 148 valence electrons. The molecule has 4 nitrogen and oxygen atoms in total. The predicted molar refractivity (Wildman–Crippen MR) is 117 cm³/mol. The first-order valence-corrected chi connectivity index (χ1v) is 10.5. The van der Waals surface area contributed by atoms with Crippen LogP contribution in [0.25, 0.3) is 16.8 Å². The molecule has 0 N–H and O–H groups in total. The lowest BCUT2D eigenvalue weighted by atomic mass is 9.90. The van der Waals surface area contributed by atoms with E-state index in [4.69, 9.17) is 21.7 Å². The Labute approximate surface area is 172 Å². The average molecular weight is 397 g/mol. The smallest absolute Gasteiger partial charge is 0.165 e. The van der Waals surface area contributed by atoms with Crippen LogP contribution in [0.1, 0.15) is 46.7 Å². The molecule has 1 fully saturated rings. The Balaban J connectivity index is 1.94. The third-order valence-corrected chi connectivity index (χ3v) is 5.91. The van der Waals surface area contributed by atoms with Gasteiger partial charge in [-0.25, -0.2) is 4.98 Å². The summed E-state index contributed by atoms with van der Waals surface area (Å²) in [5, 5.41) is 5.46. The number of anilines is 1. The second-order valence-electron chi connectivity index (χ2n) is 9.37. The van der Waals surface area contributed by atoms with E-state index in [-0.39, 0.29) is 5.41 Å². The molecule has 3 heterocycles. The maximum absolute atomic E-state index is 6.50. The second kappa shape index (κ2) is 7.07. The van der Waals surface area contributed by atoms with Crippen LogP contribution in [-0.2, 0) is 5.41 Å².